The minimum Gasteiger partial charge on any atom is -0.375 e. The van der Waals surface area contributed by atoms with Crippen LogP contribution in [0.3, 0.4) is 0 Å². The van der Waals surface area contributed by atoms with Gasteiger partial charge in [-0.25, -0.2) is 0 Å². The Kier molecular flexibility index (Phi) is 6.80. The van der Waals surface area contributed by atoms with Gasteiger partial charge in [0.1, 0.15) is 12.1 Å². The fourth-order valence-electron chi connectivity index (χ4n) is 3.57. The van der Waals surface area contributed by atoms with Gasteiger partial charge in [-0.15, -0.1) is 12.4 Å². The van der Waals surface area contributed by atoms with Crippen molar-refractivity contribution in [1.82, 2.24) is 24.9 Å². The maximum Gasteiger partial charge on any atom is 0.250 e. The van der Waals surface area contributed by atoms with Gasteiger partial charge in [0.15, 0.2) is 0 Å². The van der Waals surface area contributed by atoms with Crippen molar-refractivity contribution in [2.75, 3.05) is 53.0 Å². The van der Waals surface area contributed by atoms with Crippen molar-refractivity contribution in [3.8, 4) is 0 Å². The molecular formula is C16H26ClN5O3. The molecule has 0 aromatic carbocycles. The third kappa shape index (κ3) is 3.96. The Balaban J connectivity index is 0.00000225. The van der Waals surface area contributed by atoms with Crippen LogP contribution in [-0.2, 0) is 19.9 Å². The third-order valence-corrected chi connectivity index (χ3v) is 4.96. The molecule has 1 aromatic heterocycles. The number of nitrogens with zero attached hydrogens (tertiary/aromatic N) is 4. The standard InChI is InChI=1S/C16H25N5O3.ClH/c1-24-13-14(22)19-9-11-20(12-10-19)15(23)16(3-6-17-7-4-16)21-8-2-5-18-21;/h2,5,8,17H,3-4,6-7,9-13H2,1H3;1H. The number of halogens is 1. The van der Waals surface area contributed by atoms with Crippen molar-refractivity contribution in [1.29, 1.82) is 0 Å². The van der Waals surface area contributed by atoms with Crippen LogP contribution in [0, 0.1) is 0 Å². The number of hydrogen-bond acceptors (Lipinski definition) is 5. The first-order valence-corrected chi connectivity index (χ1v) is 8.44. The van der Waals surface area contributed by atoms with E-state index in [2.05, 4.69) is 10.4 Å². The van der Waals surface area contributed by atoms with Gasteiger partial charge < -0.3 is 19.9 Å². The van der Waals surface area contributed by atoms with E-state index in [1.165, 1.54) is 7.11 Å². The average Bonchev–Trinajstić information content (AvgIpc) is 3.17. The summed E-state index contributed by atoms with van der Waals surface area (Å²) in [6.07, 6.45) is 5.06. The molecule has 140 valence electrons. The van der Waals surface area contributed by atoms with E-state index in [0.29, 0.717) is 26.2 Å². The van der Waals surface area contributed by atoms with E-state index >= 15 is 0 Å². The van der Waals surface area contributed by atoms with Crippen LogP contribution in [0.25, 0.3) is 0 Å². The molecule has 3 heterocycles. The van der Waals surface area contributed by atoms with Gasteiger partial charge in [0.2, 0.25) is 5.91 Å². The van der Waals surface area contributed by atoms with E-state index in [4.69, 9.17) is 4.74 Å². The summed E-state index contributed by atoms with van der Waals surface area (Å²) >= 11 is 0. The molecule has 0 atom stereocenters. The summed E-state index contributed by atoms with van der Waals surface area (Å²) in [6.45, 7) is 3.94. The summed E-state index contributed by atoms with van der Waals surface area (Å²) in [5.74, 6) is 0.0970. The number of piperidine rings is 1. The van der Waals surface area contributed by atoms with Gasteiger partial charge >= 0.3 is 0 Å². The smallest absolute Gasteiger partial charge is 0.250 e. The van der Waals surface area contributed by atoms with Gasteiger partial charge in [0.25, 0.3) is 5.91 Å². The van der Waals surface area contributed by atoms with E-state index in [-0.39, 0.29) is 30.8 Å². The first kappa shape index (κ1) is 19.7. The number of ether oxygens (including phenoxy) is 1. The number of hydrogen-bond donors (Lipinski definition) is 1. The molecule has 2 saturated heterocycles. The number of carbonyl (C=O) groups excluding carboxylic acids is 2. The zero-order valence-electron chi connectivity index (χ0n) is 14.5. The van der Waals surface area contributed by atoms with Gasteiger partial charge in [-0.1, -0.05) is 0 Å². The average molecular weight is 372 g/mol. The predicted octanol–water partition coefficient (Wildman–Crippen LogP) is -0.299. The molecule has 2 fully saturated rings. The van der Waals surface area contributed by atoms with Crippen molar-refractivity contribution < 1.29 is 14.3 Å². The monoisotopic (exact) mass is 371 g/mol. The maximum atomic E-state index is 13.3. The Bertz CT molecular complexity index is 566. The highest BCUT2D eigenvalue weighted by Gasteiger charge is 2.45. The minimum absolute atomic E-state index is 0. The normalized spacial score (nSPS) is 20.0. The molecule has 3 rings (SSSR count). The Hall–Kier alpha value is -1.64. The summed E-state index contributed by atoms with van der Waals surface area (Å²) in [7, 11) is 1.52. The van der Waals surface area contributed by atoms with Crippen LogP contribution in [0.1, 0.15) is 12.8 Å². The molecule has 0 unspecified atom stereocenters. The summed E-state index contributed by atoms with van der Waals surface area (Å²) in [4.78, 5) is 28.8. The number of piperazine rings is 1. The second-order valence-corrected chi connectivity index (χ2v) is 6.34. The van der Waals surface area contributed by atoms with Crippen LogP contribution in [-0.4, -0.2) is 84.4 Å². The lowest BCUT2D eigenvalue weighted by Gasteiger charge is -2.43. The SMILES string of the molecule is COCC(=O)N1CCN(C(=O)C2(n3cccn3)CCNCC2)CC1.Cl. The zero-order chi connectivity index (χ0) is 17.0. The van der Waals surface area contributed by atoms with Gasteiger partial charge in [0, 0.05) is 45.7 Å². The fraction of sp³-hybridized carbons (Fsp3) is 0.688. The molecule has 0 aliphatic carbocycles. The number of amides is 2. The van der Waals surface area contributed by atoms with E-state index < -0.39 is 5.54 Å². The number of carbonyl (C=O) groups is 2. The van der Waals surface area contributed by atoms with E-state index in [9.17, 15) is 9.59 Å². The lowest BCUT2D eigenvalue weighted by molar-refractivity contribution is -0.148. The maximum absolute atomic E-state index is 13.3. The van der Waals surface area contributed by atoms with Gasteiger partial charge in [-0.2, -0.15) is 5.10 Å². The summed E-state index contributed by atoms with van der Waals surface area (Å²) in [5.41, 5.74) is -0.604. The van der Waals surface area contributed by atoms with E-state index in [1.807, 2.05) is 21.8 Å². The number of methoxy groups -OCH3 is 1. The molecule has 0 bridgehead atoms. The molecule has 0 spiro atoms. The number of aromatic nitrogens is 2. The lowest BCUT2D eigenvalue weighted by Crippen LogP contribution is -2.60. The molecule has 2 amide bonds. The zero-order valence-corrected chi connectivity index (χ0v) is 15.3. The van der Waals surface area contributed by atoms with Crippen LogP contribution < -0.4 is 5.32 Å². The van der Waals surface area contributed by atoms with Crippen molar-refractivity contribution in [2.45, 2.75) is 18.4 Å². The van der Waals surface area contributed by atoms with Crippen molar-refractivity contribution in [2.24, 2.45) is 0 Å². The molecule has 1 aromatic rings. The van der Waals surface area contributed by atoms with Gasteiger partial charge in [-0.3, -0.25) is 14.3 Å². The molecule has 25 heavy (non-hydrogen) atoms. The highest BCUT2D eigenvalue weighted by atomic mass is 35.5. The summed E-state index contributed by atoms with van der Waals surface area (Å²) in [5, 5.41) is 7.67. The molecule has 2 aliphatic rings. The van der Waals surface area contributed by atoms with Crippen LogP contribution in [0.5, 0.6) is 0 Å². The Morgan fingerprint density at radius 1 is 1.16 bits per heavy atom. The quantitative estimate of drug-likeness (QED) is 0.786. The second-order valence-electron chi connectivity index (χ2n) is 6.34. The van der Waals surface area contributed by atoms with Gasteiger partial charge in [-0.05, 0) is 32.0 Å². The number of rotatable bonds is 4. The van der Waals surface area contributed by atoms with Crippen LogP contribution in [0.2, 0.25) is 0 Å². The highest BCUT2D eigenvalue weighted by molar-refractivity contribution is 5.85. The summed E-state index contributed by atoms with van der Waals surface area (Å²) in [6, 6.07) is 1.86. The fourth-order valence-corrected chi connectivity index (χ4v) is 3.57. The molecular weight excluding hydrogens is 346 g/mol. The molecule has 2 aliphatic heterocycles. The Morgan fingerprint density at radius 3 is 2.36 bits per heavy atom. The predicted molar refractivity (Wildman–Crippen MR) is 94.6 cm³/mol. The topological polar surface area (TPSA) is 79.7 Å². The number of nitrogens with one attached hydrogen (secondary N) is 1. The van der Waals surface area contributed by atoms with Crippen molar-refractivity contribution in [3.63, 3.8) is 0 Å². The molecule has 1 N–H and O–H groups in total. The third-order valence-electron chi connectivity index (χ3n) is 4.96. The molecule has 0 radical (unpaired) electrons. The van der Waals surface area contributed by atoms with E-state index in [0.717, 1.165) is 25.9 Å². The molecule has 0 saturated carbocycles. The Labute approximate surface area is 153 Å². The summed E-state index contributed by atoms with van der Waals surface area (Å²) < 4.78 is 6.72. The Morgan fingerprint density at radius 2 is 1.80 bits per heavy atom. The van der Waals surface area contributed by atoms with Crippen LogP contribution in [0.4, 0.5) is 0 Å². The van der Waals surface area contributed by atoms with E-state index in [1.54, 1.807) is 11.1 Å². The lowest BCUT2D eigenvalue weighted by atomic mass is 9.86. The molecule has 8 nitrogen and oxygen atoms in total. The van der Waals surface area contributed by atoms with Crippen molar-refractivity contribution in [3.05, 3.63) is 18.5 Å². The van der Waals surface area contributed by atoms with Gasteiger partial charge in [0.05, 0.1) is 0 Å². The van der Waals surface area contributed by atoms with Crippen LogP contribution in [0.15, 0.2) is 18.5 Å². The largest absolute Gasteiger partial charge is 0.375 e. The minimum atomic E-state index is -0.604. The first-order chi connectivity index (χ1) is 11.7. The second kappa shape index (κ2) is 8.64. The highest BCUT2D eigenvalue weighted by Crippen LogP contribution is 2.29. The first-order valence-electron chi connectivity index (χ1n) is 8.44. The molecule has 9 heteroatoms. The van der Waals surface area contributed by atoms with Crippen molar-refractivity contribution >= 4 is 24.2 Å². The van der Waals surface area contributed by atoms with Crippen LogP contribution >= 0.6 is 12.4 Å².